The second-order valence-electron chi connectivity index (χ2n) is 5.59. The van der Waals surface area contributed by atoms with E-state index in [2.05, 4.69) is 0 Å². The molecule has 0 aliphatic heterocycles. The van der Waals surface area contributed by atoms with Gasteiger partial charge in [0.2, 0.25) is 0 Å². The number of benzene rings is 1. The van der Waals surface area contributed by atoms with Gasteiger partial charge in [-0.15, -0.1) is 0 Å². The van der Waals surface area contributed by atoms with Gasteiger partial charge in [-0.1, -0.05) is 49.4 Å². The molecule has 2 rings (SSSR count). The second kappa shape index (κ2) is 6.25. The number of hydrogen-bond acceptors (Lipinski definition) is 2. The van der Waals surface area contributed by atoms with Crippen LogP contribution in [-0.2, 0) is 4.74 Å². The maximum absolute atomic E-state index is 10.8. The lowest BCUT2D eigenvalue weighted by Crippen LogP contribution is -2.38. The number of aliphatic hydroxyl groups is 1. The summed E-state index contributed by atoms with van der Waals surface area (Å²) in [6, 6.07) is 5.78. The van der Waals surface area contributed by atoms with Crippen LogP contribution in [0.5, 0.6) is 0 Å². The van der Waals surface area contributed by atoms with Crippen molar-refractivity contribution < 1.29 is 9.84 Å². The zero-order chi connectivity index (χ0) is 13.9. The molecule has 0 aromatic heterocycles. The average molecular weight is 283 g/mol. The first-order chi connectivity index (χ1) is 9.09. The van der Waals surface area contributed by atoms with Crippen molar-refractivity contribution in [1.29, 1.82) is 0 Å². The summed E-state index contributed by atoms with van der Waals surface area (Å²) >= 11 is 6.17. The molecule has 1 aromatic rings. The number of rotatable bonds is 3. The van der Waals surface area contributed by atoms with Crippen molar-refractivity contribution in [1.82, 2.24) is 0 Å². The Bertz CT molecular complexity index is 423. The van der Waals surface area contributed by atoms with Crippen LogP contribution in [-0.4, -0.2) is 17.8 Å². The lowest BCUT2D eigenvalue weighted by atomic mass is 9.84. The van der Waals surface area contributed by atoms with Crippen LogP contribution < -0.4 is 0 Å². The summed E-state index contributed by atoms with van der Waals surface area (Å²) in [7, 11) is 1.71. The molecule has 0 spiro atoms. The molecule has 106 valence electrons. The molecule has 2 nitrogen and oxygen atoms in total. The summed E-state index contributed by atoms with van der Waals surface area (Å²) in [5.74, 6) is 0. The third-order valence-electron chi connectivity index (χ3n) is 4.37. The molecule has 0 radical (unpaired) electrons. The Balaban J connectivity index is 2.28. The Morgan fingerprint density at radius 3 is 2.37 bits per heavy atom. The van der Waals surface area contributed by atoms with E-state index in [1.54, 1.807) is 7.11 Å². The molecule has 1 saturated carbocycles. The molecule has 0 heterocycles. The fourth-order valence-corrected chi connectivity index (χ4v) is 3.19. The molecule has 3 heteroatoms. The average Bonchev–Trinajstić information content (AvgIpc) is 2.67. The predicted octanol–water partition coefficient (Wildman–Crippen LogP) is 4.42. The van der Waals surface area contributed by atoms with E-state index in [9.17, 15) is 5.11 Å². The van der Waals surface area contributed by atoms with Crippen molar-refractivity contribution in [2.24, 2.45) is 0 Å². The van der Waals surface area contributed by atoms with E-state index in [0.717, 1.165) is 36.8 Å². The van der Waals surface area contributed by atoms with E-state index in [1.165, 1.54) is 12.8 Å². The number of aliphatic hydroxyl groups excluding tert-OH is 1. The molecule has 1 unspecified atom stereocenters. The van der Waals surface area contributed by atoms with Crippen LogP contribution in [0.15, 0.2) is 18.2 Å². The van der Waals surface area contributed by atoms with Crippen LogP contribution >= 0.6 is 11.6 Å². The SMILES string of the molecule is COC1(C(O)c2ccc(C)c(Cl)c2)CCCCCC1. The number of ether oxygens (including phenoxy) is 1. The first kappa shape index (κ1) is 14.8. The molecule has 0 bridgehead atoms. The lowest BCUT2D eigenvalue weighted by molar-refractivity contribution is -0.114. The van der Waals surface area contributed by atoms with Crippen LogP contribution in [0.2, 0.25) is 5.02 Å². The molecule has 0 amide bonds. The van der Waals surface area contributed by atoms with Crippen molar-refractivity contribution in [3.63, 3.8) is 0 Å². The quantitative estimate of drug-likeness (QED) is 0.832. The van der Waals surface area contributed by atoms with Crippen molar-refractivity contribution in [3.05, 3.63) is 34.3 Å². The zero-order valence-electron chi connectivity index (χ0n) is 11.8. The summed E-state index contributed by atoms with van der Waals surface area (Å²) < 4.78 is 5.75. The minimum atomic E-state index is -0.603. The van der Waals surface area contributed by atoms with Crippen LogP contribution in [0.25, 0.3) is 0 Å². The minimum absolute atomic E-state index is 0.449. The molecule has 1 aliphatic carbocycles. The number of aryl methyl sites for hydroxylation is 1. The van der Waals surface area contributed by atoms with E-state index in [1.807, 2.05) is 25.1 Å². The van der Waals surface area contributed by atoms with Crippen LogP contribution in [0.3, 0.4) is 0 Å². The Morgan fingerprint density at radius 2 is 1.84 bits per heavy atom. The first-order valence-electron chi connectivity index (χ1n) is 7.08. The molecular weight excluding hydrogens is 260 g/mol. The van der Waals surface area contributed by atoms with Gasteiger partial charge >= 0.3 is 0 Å². The maximum Gasteiger partial charge on any atom is 0.108 e. The van der Waals surface area contributed by atoms with Gasteiger partial charge in [0.15, 0.2) is 0 Å². The van der Waals surface area contributed by atoms with Gasteiger partial charge < -0.3 is 9.84 Å². The number of halogens is 1. The Hall–Kier alpha value is -0.570. The van der Waals surface area contributed by atoms with Gasteiger partial charge in [-0.05, 0) is 37.0 Å². The second-order valence-corrected chi connectivity index (χ2v) is 6.00. The van der Waals surface area contributed by atoms with Crippen molar-refractivity contribution in [2.75, 3.05) is 7.11 Å². The van der Waals surface area contributed by atoms with E-state index in [4.69, 9.17) is 16.3 Å². The fourth-order valence-electron chi connectivity index (χ4n) is 3.00. The topological polar surface area (TPSA) is 29.5 Å². The lowest BCUT2D eigenvalue weighted by Gasteiger charge is -2.36. The minimum Gasteiger partial charge on any atom is -0.385 e. The van der Waals surface area contributed by atoms with Crippen LogP contribution in [0.4, 0.5) is 0 Å². The third kappa shape index (κ3) is 3.13. The highest BCUT2D eigenvalue weighted by Crippen LogP contribution is 2.40. The van der Waals surface area contributed by atoms with Gasteiger partial charge in [0.05, 0.1) is 5.60 Å². The molecule has 1 fully saturated rings. The molecule has 0 saturated heterocycles. The molecule has 1 aromatic carbocycles. The van der Waals surface area contributed by atoms with Gasteiger partial charge in [-0.25, -0.2) is 0 Å². The van der Waals surface area contributed by atoms with Gasteiger partial charge in [-0.2, -0.15) is 0 Å². The van der Waals surface area contributed by atoms with Crippen LogP contribution in [0, 0.1) is 6.92 Å². The van der Waals surface area contributed by atoms with Crippen molar-refractivity contribution in [3.8, 4) is 0 Å². The van der Waals surface area contributed by atoms with Crippen molar-refractivity contribution in [2.45, 2.75) is 57.2 Å². The standard InChI is InChI=1S/C16H23ClO2/c1-12-7-8-13(11-14(12)17)15(18)16(19-2)9-5-3-4-6-10-16/h7-8,11,15,18H,3-6,9-10H2,1-2H3. The number of methoxy groups -OCH3 is 1. The summed E-state index contributed by atoms with van der Waals surface area (Å²) in [5.41, 5.74) is 1.44. The summed E-state index contributed by atoms with van der Waals surface area (Å²) in [5, 5.41) is 11.5. The van der Waals surface area contributed by atoms with E-state index < -0.39 is 11.7 Å². The zero-order valence-corrected chi connectivity index (χ0v) is 12.5. The summed E-state index contributed by atoms with van der Waals surface area (Å²) in [6.07, 6.45) is 5.91. The largest absolute Gasteiger partial charge is 0.385 e. The van der Waals surface area contributed by atoms with E-state index >= 15 is 0 Å². The highest BCUT2D eigenvalue weighted by molar-refractivity contribution is 6.31. The smallest absolute Gasteiger partial charge is 0.108 e. The van der Waals surface area contributed by atoms with Gasteiger partial charge in [0.1, 0.15) is 6.10 Å². The molecular formula is C16H23ClO2. The predicted molar refractivity (Wildman–Crippen MR) is 78.6 cm³/mol. The maximum atomic E-state index is 10.8. The van der Waals surface area contributed by atoms with E-state index in [0.29, 0.717) is 5.02 Å². The monoisotopic (exact) mass is 282 g/mol. The number of hydrogen-bond donors (Lipinski definition) is 1. The molecule has 1 N–H and O–H groups in total. The van der Waals surface area contributed by atoms with Gasteiger partial charge in [-0.3, -0.25) is 0 Å². The Morgan fingerprint density at radius 1 is 1.21 bits per heavy atom. The van der Waals surface area contributed by atoms with Gasteiger partial charge in [0.25, 0.3) is 0 Å². The van der Waals surface area contributed by atoms with Crippen molar-refractivity contribution >= 4 is 11.6 Å². The summed E-state index contributed by atoms with van der Waals surface area (Å²) in [6.45, 7) is 1.97. The normalized spacial score (nSPS) is 20.8. The molecule has 1 atom stereocenters. The Labute approximate surface area is 120 Å². The van der Waals surface area contributed by atoms with Gasteiger partial charge in [0, 0.05) is 12.1 Å². The summed E-state index contributed by atoms with van der Waals surface area (Å²) in [4.78, 5) is 0. The first-order valence-corrected chi connectivity index (χ1v) is 7.46. The third-order valence-corrected chi connectivity index (χ3v) is 4.77. The molecule has 1 aliphatic rings. The van der Waals surface area contributed by atoms with E-state index in [-0.39, 0.29) is 0 Å². The highest BCUT2D eigenvalue weighted by Gasteiger charge is 2.39. The highest BCUT2D eigenvalue weighted by atomic mass is 35.5. The Kier molecular flexibility index (Phi) is 4.88. The fraction of sp³-hybridized carbons (Fsp3) is 0.625. The van der Waals surface area contributed by atoms with Crippen LogP contribution in [0.1, 0.15) is 55.8 Å². The molecule has 19 heavy (non-hydrogen) atoms.